The van der Waals surface area contributed by atoms with Crippen LogP contribution in [0.2, 0.25) is 0 Å². The van der Waals surface area contributed by atoms with Crippen LogP contribution in [0.3, 0.4) is 0 Å². The molecule has 3 heteroatoms. The molecule has 0 saturated carbocycles. The number of hydrogen-bond donors (Lipinski definition) is 1. The average Bonchev–Trinajstić information content (AvgIpc) is 2.89. The predicted molar refractivity (Wildman–Crippen MR) is 75.8 cm³/mol. The monoisotopic (exact) mass is 251 g/mol. The Kier molecular flexibility index (Phi) is 3.92. The van der Waals surface area contributed by atoms with E-state index in [0.29, 0.717) is 0 Å². The van der Waals surface area contributed by atoms with Gasteiger partial charge in [-0.3, -0.25) is 0 Å². The summed E-state index contributed by atoms with van der Waals surface area (Å²) < 4.78 is 0. The molecule has 3 aliphatic heterocycles. The van der Waals surface area contributed by atoms with Gasteiger partial charge >= 0.3 is 0 Å². The molecule has 0 radical (unpaired) electrons. The van der Waals surface area contributed by atoms with Crippen LogP contribution >= 0.6 is 0 Å². The van der Waals surface area contributed by atoms with Gasteiger partial charge in [0, 0.05) is 6.54 Å². The molecule has 0 aliphatic carbocycles. The second kappa shape index (κ2) is 5.48. The molecular formula is C15H29N3. The summed E-state index contributed by atoms with van der Waals surface area (Å²) in [6.45, 7) is 9.23. The van der Waals surface area contributed by atoms with E-state index in [9.17, 15) is 0 Å². The quantitative estimate of drug-likeness (QED) is 0.800. The molecule has 3 heterocycles. The van der Waals surface area contributed by atoms with Crippen LogP contribution in [-0.2, 0) is 0 Å². The Morgan fingerprint density at radius 1 is 1.06 bits per heavy atom. The summed E-state index contributed by atoms with van der Waals surface area (Å²) in [5.41, 5.74) is 0.719. The molecule has 3 saturated heterocycles. The molecule has 0 aromatic rings. The molecule has 3 nitrogen and oxygen atoms in total. The second-order valence-corrected chi connectivity index (χ2v) is 6.96. The fourth-order valence-electron chi connectivity index (χ4n) is 4.04. The zero-order valence-electron chi connectivity index (χ0n) is 12.0. The maximum absolute atomic E-state index is 3.49. The van der Waals surface area contributed by atoms with Crippen molar-refractivity contribution in [3.8, 4) is 0 Å². The molecule has 0 aromatic heterocycles. The minimum Gasteiger partial charge on any atom is -0.316 e. The van der Waals surface area contributed by atoms with Gasteiger partial charge in [-0.25, -0.2) is 0 Å². The lowest BCUT2D eigenvalue weighted by Crippen LogP contribution is -2.47. The third kappa shape index (κ3) is 2.89. The van der Waals surface area contributed by atoms with Crippen molar-refractivity contribution in [1.82, 2.24) is 15.1 Å². The van der Waals surface area contributed by atoms with Crippen molar-refractivity contribution in [2.45, 2.75) is 32.1 Å². The first kappa shape index (κ1) is 12.9. The summed E-state index contributed by atoms with van der Waals surface area (Å²) in [6.07, 6.45) is 7.21. The van der Waals surface area contributed by atoms with Gasteiger partial charge in [0.15, 0.2) is 0 Å². The highest BCUT2D eigenvalue weighted by Gasteiger charge is 2.37. The Morgan fingerprint density at radius 2 is 1.72 bits per heavy atom. The van der Waals surface area contributed by atoms with Crippen LogP contribution in [0.15, 0.2) is 0 Å². The lowest BCUT2D eigenvalue weighted by Gasteiger charge is -2.46. The first-order valence-corrected chi connectivity index (χ1v) is 7.87. The van der Waals surface area contributed by atoms with Crippen LogP contribution in [0.25, 0.3) is 0 Å². The van der Waals surface area contributed by atoms with E-state index < -0.39 is 0 Å². The number of likely N-dealkylation sites (tertiary alicyclic amines) is 2. The van der Waals surface area contributed by atoms with E-state index in [1.807, 2.05) is 0 Å². The van der Waals surface area contributed by atoms with Gasteiger partial charge in [-0.05, 0) is 89.8 Å². The number of piperidine rings is 2. The molecule has 104 valence electrons. The third-order valence-corrected chi connectivity index (χ3v) is 5.64. The molecule has 0 amide bonds. The normalized spacial score (nSPS) is 34.2. The molecule has 1 spiro atoms. The third-order valence-electron chi connectivity index (χ3n) is 5.64. The minimum atomic E-state index is 0.719. The predicted octanol–water partition coefficient (Wildman–Crippen LogP) is 1.40. The lowest BCUT2D eigenvalue weighted by atomic mass is 9.71. The van der Waals surface area contributed by atoms with Gasteiger partial charge in [-0.2, -0.15) is 0 Å². The number of rotatable bonds is 2. The summed E-state index contributed by atoms with van der Waals surface area (Å²) in [4.78, 5) is 5.24. The van der Waals surface area contributed by atoms with Gasteiger partial charge < -0.3 is 15.1 Å². The summed E-state index contributed by atoms with van der Waals surface area (Å²) in [7, 11) is 2.27. The van der Waals surface area contributed by atoms with Crippen LogP contribution in [0.5, 0.6) is 0 Å². The van der Waals surface area contributed by atoms with E-state index in [4.69, 9.17) is 0 Å². The Morgan fingerprint density at radius 3 is 2.33 bits per heavy atom. The van der Waals surface area contributed by atoms with Crippen LogP contribution in [-0.4, -0.2) is 62.7 Å². The first-order valence-electron chi connectivity index (χ1n) is 7.87. The van der Waals surface area contributed by atoms with Crippen molar-refractivity contribution in [2.75, 3.05) is 52.9 Å². The van der Waals surface area contributed by atoms with Crippen LogP contribution < -0.4 is 5.32 Å². The van der Waals surface area contributed by atoms with Crippen LogP contribution in [0, 0.1) is 11.3 Å². The Bertz CT molecular complexity index is 255. The van der Waals surface area contributed by atoms with Crippen LogP contribution in [0.4, 0.5) is 0 Å². The minimum absolute atomic E-state index is 0.719. The van der Waals surface area contributed by atoms with Gasteiger partial charge in [-0.1, -0.05) is 0 Å². The largest absolute Gasteiger partial charge is 0.316 e. The fraction of sp³-hybridized carbons (Fsp3) is 1.00. The SMILES string of the molecule is CN1CCC2(CC1)CCN(CC1CCNC1)CC2. The van der Waals surface area contributed by atoms with E-state index in [2.05, 4.69) is 22.2 Å². The number of nitrogens with one attached hydrogen (secondary N) is 1. The van der Waals surface area contributed by atoms with Gasteiger partial charge in [0.2, 0.25) is 0 Å². The van der Waals surface area contributed by atoms with E-state index in [0.717, 1.165) is 11.3 Å². The van der Waals surface area contributed by atoms with Crippen molar-refractivity contribution < 1.29 is 0 Å². The van der Waals surface area contributed by atoms with Crippen molar-refractivity contribution in [3.05, 3.63) is 0 Å². The molecule has 3 fully saturated rings. The maximum atomic E-state index is 3.49. The first-order chi connectivity index (χ1) is 8.76. The smallest absolute Gasteiger partial charge is 0.00223 e. The molecule has 3 aliphatic rings. The highest BCUT2D eigenvalue weighted by molar-refractivity contribution is 4.90. The van der Waals surface area contributed by atoms with Crippen molar-refractivity contribution in [1.29, 1.82) is 0 Å². The van der Waals surface area contributed by atoms with E-state index in [1.54, 1.807) is 0 Å². The molecule has 0 bridgehead atoms. The second-order valence-electron chi connectivity index (χ2n) is 6.96. The molecule has 1 N–H and O–H groups in total. The van der Waals surface area contributed by atoms with Crippen molar-refractivity contribution >= 4 is 0 Å². The Labute approximate surface area is 112 Å². The highest BCUT2D eigenvalue weighted by Crippen LogP contribution is 2.41. The molecule has 18 heavy (non-hydrogen) atoms. The lowest BCUT2D eigenvalue weighted by molar-refractivity contribution is 0.0382. The van der Waals surface area contributed by atoms with Crippen LogP contribution in [0.1, 0.15) is 32.1 Å². The van der Waals surface area contributed by atoms with Gasteiger partial charge in [0.25, 0.3) is 0 Å². The molecule has 1 unspecified atom stereocenters. The summed E-state index contributed by atoms with van der Waals surface area (Å²) in [6, 6.07) is 0. The van der Waals surface area contributed by atoms with Gasteiger partial charge in [0.05, 0.1) is 0 Å². The molecular weight excluding hydrogens is 222 g/mol. The number of hydrogen-bond acceptors (Lipinski definition) is 3. The zero-order valence-corrected chi connectivity index (χ0v) is 12.0. The molecule has 0 aromatic carbocycles. The van der Waals surface area contributed by atoms with Crippen molar-refractivity contribution in [2.24, 2.45) is 11.3 Å². The van der Waals surface area contributed by atoms with Gasteiger partial charge in [0.1, 0.15) is 0 Å². The van der Waals surface area contributed by atoms with E-state index in [1.165, 1.54) is 77.9 Å². The average molecular weight is 251 g/mol. The van der Waals surface area contributed by atoms with E-state index in [-0.39, 0.29) is 0 Å². The Balaban J connectivity index is 1.45. The molecule has 1 atom stereocenters. The highest BCUT2D eigenvalue weighted by atomic mass is 15.1. The summed E-state index contributed by atoms with van der Waals surface area (Å²) in [5.74, 6) is 0.927. The summed E-state index contributed by atoms with van der Waals surface area (Å²) >= 11 is 0. The zero-order chi connectivity index (χ0) is 12.4. The van der Waals surface area contributed by atoms with Gasteiger partial charge in [-0.15, -0.1) is 0 Å². The summed E-state index contributed by atoms with van der Waals surface area (Å²) in [5, 5.41) is 3.49. The Hall–Kier alpha value is -0.120. The fourth-order valence-corrected chi connectivity index (χ4v) is 4.04. The van der Waals surface area contributed by atoms with Crippen molar-refractivity contribution in [3.63, 3.8) is 0 Å². The standard InChI is InChI=1S/C15H29N3/c1-17-8-3-15(4-9-17)5-10-18(11-6-15)13-14-2-7-16-12-14/h14,16H,2-13H2,1H3. The molecule has 3 rings (SSSR count). The maximum Gasteiger partial charge on any atom is 0.00223 e. The van der Waals surface area contributed by atoms with E-state index >= 15 is 0 Å². The topological polar surface area (TPSA) is 18.5 Å². The number of nitrogens with zero attached hydrogens (tertiary/aromatic N) is 2.